The molecule has 1 aliphatic heterocycles. The Kier molecular flexibility index (Phi) is 3.64. The van der Waals surface area contributed by atoms with Gasteiger partial charge in [0.2, 0.25) is 5.91 Å². The molecule has 0 aliphatic carbocycles. The van der Waals surface area contributed by atoms with Crippen LogP contribution in [0.25, 0.3) is 0 Å². The number of amides is 1. The molecule has 0 saturated heterocycles. The molecule has 0 spiro atoms. The lowest BCUT2D eigenvalue weighted by atomic mass is 9.95. The first-order chi connectivity index (χ1) is 8.00. The van der Waals surface area contributed by atoms with Gasteiger partial charge in [0, 0.05) is 25.9 Å². The van der Waals surface area contributed by atoms with Crippen molar-refractivity contribution >= 4 is 29.1 Å². The van der Waals surface area contributed by atoms with Crippen LogP contribution in [-0.2, 0) is 11.2 Å². The van der Waals surface area contributed by atoms with Crippen LogP contribution >= 0.6 is 23.2 Å². The predicted octanol–water partition coefficient (Wildman–Crippen LogP) is 3.50. The molecule has 1 aliphatic rings. The van der Waals surface area contributed by atoms with E-state index < -0.39 is 0 Å². The maximum Gasteiger partial charge on any atom is 0.219 e. The molecular formula is C13H15Cl2NO. The van der Waals surface area contributed by atoms with Crippen LogP contribution in [0.5, 0.6) is 0 Å². The highest BCUT2D eigenvalue weighted by molar-refractivity contribution is 6.42. The van der Waals surface area contributed by atoms with Crippen LogP contribution in [0.1, 0.15) is 30.9 Å². The molecule has 0 radical (unpaired) electrons. The van der Waals surface area contributed by atoms with Gasteiger partial charge in [-0.05, 0) is 23.6 Å². The molecule has 0 saturated carbocycles. The molecule has 0 fully saturated rings. The Balaban J connectivity index is 2.41. The fraction of sp³-hybridized carbons (Fsp3) is 0.462. The summed E-state index contributed by atoms with van der Waals surface area (Å²) in [6.07, 6.45) is 0.843. The van der Waals surface area contributed by atoms with Crippen LogP contribution in [0.2, 0.25) is 10.0 Å². The van der Waals surface area contributed by atoms with Crippen molar-refractivity contribution in [1.82, 2.24) is 4.90 Å². The standard InChI is InChI=1S/C13H15Cl2NO/c1-8-7-16(9(2)17)6-5-10-3-4-11(14)13(15)12(8)10/h3-4,8H,5-7H2,1-2H3/t8-/m1/s1. The second-order valence-corrected chi connectivity index (χ2v) is 5.34. The predicted molar refractivity (Wildman–Crippen MR) is 70.8 cm³/mol. The normalized spacial score (nSPS) is 19.8. The Bertz CT molecular complexity index is 459. The van der Waals surface area contributed by atoms with Gasteiger partial charge in [0.15, 0.2) is 0 Å². The minimum Gasteiger partial charge on any atom is -0.342 e. The summed E-state index contributed by atoms with van der Waals surface area (Å²) in [6.45, 7) is 5.16. The van der Waals surface area contributed by atoms with Crippen LogP contribution in [-0.4, -0.2) is 23.9 Å². The van der Waals surface area contributed by atoms with E-state index in [1.807, 2.05) is 17.0 Å². The number of hydrogen-bond donors (Lipinski definition) is 0. The molecule has 1 aromatic rings. The minimum atomic E-state index is 0.117. The van der Waals surface area contributed by atoms with Gasteiger partial charge in [-0.15, -0.1) is 0 Å². The third-order valence-corrected chi connectivity index (χ3v) is 4.13. The summed E-state index contributed by atoms with van der Waals surface area (Å²) in [5.41, 5.74) is 2.30. The largest absolute Gasteiger partial charge is 0.342 e. The van der Waals surface area contributed by atoms with E-state index in [-0.39, 0.29) is 11.8 Å². The third kappa shape index (κ3) is 2.43. The summed E-state index contributed by atoms with van der Waals surface area (Å²) in [4.78, 5) is 13.3. The third-order valence-electron chi connectivity index (χ3n) is 3.31. The average Bonchev–Trinajstić information content (AvgIpc) is 2.43. The number of rotatable bonds is 0. The zero-order valence-electron chi connectivity index (χ0n) is 9.96. The Labute approximate surface area is 112 Å². The van der Waals surface area contributed by atoms with Crippen LogP contribution in [0.4, 0.5) is 0 Å². The molecule has 1 atom stereocenters. The number of halogens is 2. The van der Waals surface area contributed by atoms with E-state index in [0.717, 1.165) is 18.5 Å². The van der Waals surface area contributed by atoms with Crippen molar-refractivity contribution in [2.75, 3.05) is 13.1 Å². The first kappa shape index (κ1) is 12.7. The van der Waals surface area contributed by atoms with Crippen molar-refractivity contribution in [1.29, 1.82) is 0 Å². The van der Waals surface area contributed by atoms with Gasteiger partial charge in [-0.25, -0.2) is 0 Å². The summed E-state index contributed by atoms with van der Waals surface area (Å²) < 4.78 is 0. The Hall–Kier alpha value is -0.730. The highest BCUT2D eigenvalue weighted by atomic mass is 35.5. The second kappa shape index (κ2) is 4.87. The van der Waals surface area contributed by atoms with E-state index >= 15 is 0 Å². The summed E-state index contributed by atoms with van der Waals surface area (Å²) in [5.74, 6) is 0.342. The molecule has 1 amide bonds. The Morgan fingerprint density at radius 1 is 1.41 bits per heavy atom. The van der Waals surface area contributed by atoms with Crippen molar-refractivity contribution in [2.45, 2.75) is 26.2 Å². The van der Waals surface area contributed by atoms with Gasteiger partial charge in [-0.3, -0.25) is 4.79 Å². The molecule has 1 aromatic carbocycles. The van der Waals surface area contributed by atoms with Gasteiger partial charge in [-0.1, -0.05) is 36.2 Å². The zero-order valence-corrected chi connectivity index (χ0v) is 11.5. The van der Waals surface area contributed by atoms with Crippen molar-refractivity contribution in [3.8, 4) is 0 Å². The zero-order chi connectivity index (χ0) is 12.6. The summed E-state index contributed by atoms with van der Waals surface area (Å²) in [7, 11) is 0. The number of carbonyl (C=O) groups excluding carboxylic acids is 1. The van der Waals surface area contributed by atoms with Crippen LogP contribution in [0.15, 0.2) is 12.1 Å². The molecule has 0 N–H and O–H groups in total. The van der Waals surface area contributed by atoms with Crippen molar-refractivity contribution in [3.63, 3.8) is 0 Å². The van der Waals surface area contributed by atoms with Gasteiger partial charge in [0.05, 0.1) is 10.0 Å². The van der Waals surface area contributed by atoms with Crippen molar-refractivity contribution in [3.05, 3.63) is 33.3 Å². The highest BCUT2D eigenvalue weighted by Gasteiger charge is 2.24. The second-order valence-electron chi connectivity index (χ2n) is 4.55. The molecule has 0 aromatic heterocycles. The van der Waals surface area contributed by atoms with Gasteiger partial charge >= 0.3 is 0 Å². The molecule has 92 valence electrons. The van der Waals surface area contributed by atoms with Crippen molar-refractivity contribution < 1.29 is 4.79 Å². The monoisotopic (exact) mass is 271 g/mol. The molecule has 0 bridgehead atoms. The van der Waals surface area contributed by atoms with E-state index in [0.29, 0.717) is 16.6 Å². The van der Waals surface area contributed by atoms with E-state index in [4.69, 9.17) is 23.2 Å². The van der Waals surface area contributed by atoms with E-state index in [2.05, 4.69) is 6.92 Å². The topological polar surface area (TPSA) is 20.3 Å². The molecular weight excluding hydrogens is 257 g/mol. The van der Waals surface area contributed by atoms with Gasteiger partial charge in [0.25, 0.3) is 0 Å². The van der Waals surface area contributed by atoms with Crippen LogP contribution in [0, 0.1) is 0 Å². The molecule has 2 rings (SSSR count). The highest BCUT2D eigenvalue weighted by Crippen LogP contribution is 2.36. The van der Waals surface area contributed by atoms with Crippen molar-refractivity contribution in [2.24, 2.45) is 0 Å². The summed E-state index contributed by atoms with van der Waals surface area (Å²) in [6, 6.07) is 3.85. The summed E-state index contributed by atoms with van der Waals surface area (Å²) >= 11 is 12.3. The average molecular weight is 272 g/mol. The maximum atomic E-state index is 11.5. The Morgan fingerprint density at radius 3 is 2.76 bits per heavy atom. The lowest BCUT2D eigenvalue weighted by Crippen LogP contribution is -2.32. The number of fused-ring (bicyclic) bond motifs is 1. The molecule has 1 heterocycles. The number of carbonyl (C=O) groups is 1. The minimum absolute atomic E-state index is 0.117. The fourth-order valence-corrected chi connectivity index (χ4v) is 2.95. The molecule has 17 heavy (non-hydrogen) atoms. The number of hydrogen-bond acceptors (Lipinski definition) is 1. The van der Waals surface area contributed by atoms with Gasteiger partial charge in [0.1, 0.15) is 0 Å². The first-order valence-electron chi connectivity index (χ1n) is 5.73. The molecule has 0 unspecified atom stereocenters. The smallest absolute Gasteiger partial charge is 0.219 e. The quantitative estimate of drug-likeness (QED) is 0.707. The van der Waals surface area contributed by atoms with Gasteiger partial charge in [-0.2, -0.15) is 0 Å². The first-order valence-corrected chi connectivity index (χ1v) is 6.48. The SMILES string of the molecule is CC(=O)N1CCc2ccc(Cl)c(Cl)c2[C@H](C)C1. The summed E-state index contributed by atoms with van der Waals surface area (Å²) in [5, 5.41) is 1.23. The van der Waals surface area contributed by atoms with E-state index in [1.165, 1.54) is 5.56 Å². The number of benzene rings is 1. The maximum absolute atomic E-state index is 11.5. The molecule has 2 nitrogen and oxygen atoms in total. The lowest BCUT2D eigenvalue weighted by molar-refractivity contribution is -0.128. The van der Waals surface area contributed by atoms with Crippen LogP contribution < -0.4 is 0 Å². The Morgan fingerprint density at radius 2 is 2.12 bits per heavy atom. The fourth-order valence-electron chi connectivity index (χ4n) is 2.41. The van der Waals surface area contributed by atoms with Crippen LogP contribution in [0.3, 0.4) is 0 Å². The molecule has 4 heteroatoms. The van der Waals surface area contributed by atoms with Gasteiger partial charge < -0.3 is 4.90 Å². The van der Waals surface area contributed by atoms with E-state index in [1.54, 1.807) is 6.92 Å². The lowest BCUT2D eigenvalue weighted by Gasteiger charge is -2.21. The number of nitrogens with zero attached hydrogens (tertiary/aromatic N) is 1. The van der Waals surface area contributed by atoms with E-state index in [9.17, 15) is 4.79 Å².